The smallest absolute Gasteiger partial charge is 0.274 e. The molecule has 0 atom stereocenters. The summed E-state index contributed by atoms with van der Waals surface area (Å²) in [7, 11) is 0. The van der Waals surface area contributed by atoms with Gasteiger partial charge in [-0.05, 0) is 31.0 Å². The van der Waals surface area contributed by atoms with Crippen LogP contribution >= 0.6 is 0 Å². The Bertz CT molecular complexity index is 745. The van der Waals surface area contributed by atoms with E-state index in [1.54, 1.807) is 12.1 Å². The van der Waals surface area contributed by atoms with Crippen LogP contribution in [0.2, 0.25) is 0 Å². The Balaban J connectivity index is 1.39. The van der Waals surface area contributed by atoms with Crippen molar-refractivity contribution in [2.45, 2.75) is 31.7 Å². The second-order valence-corrected chi connectivity index (χ2v) is 6.85. The zero-order chi connectivity index (χ0) is 17.2. The molecule has 2 aromatic rings. The Morgan fingerprint density at radius 2 is 1.76 bits per heavy atom. The molecular weight excluding hydrogens is 319 g/mol. The molecular formula is C19H23FN4O. The number of hydrogen-bond acceptors (Lipinski definition) is 3. The van der Waals surface area contributed by atoms with Crippen molar-refractivity contribution in [3.8, 4) is 0 Å². The number of carbonyl (C=O) groups excluding carboxylic acids is 1. The highest BCUT2D eigenvalue weighted by molar-refractivity contribution is 5.92. The van der Waals surface area contributed by atoms with E-state index in [4.69, 9.17) is 0 Å². The van der Waals surface area contributed by atoms with E-state index >= 15 is 0 Å². The molecule has 2 aliphatic rings. The van der Waals surface area contributed by atoms with Crippen LogP contribution in [0.15, 0.2) is 36.5 Å². The Morgan fingerprint density at radius 3 is 2.48 bits per heavy atom. The topological polar surface area (TPSA) is 41.4 Å². The maximum absolute atomic E-state index is 13.9. The Hall–Kier alpha value is -2.37. The highest BCUT2D eigenvalue weighted by Gasteiger charge is 2.26. The Kier molecular flexibility index (Phi) is 4.42. The second-order valence-electron chi connectivity index (χ2n) is 6.85. The van der Waals surface area contributed by atoms with Gasteiger partial charge >= 0.3 is 0 Å². The zero-order valence-electron chi connectivity index (χ0n) is 14.3. The van der Waals surface area contributed by atoms with Crippen LogP contribution in [0.1, 0.15) is 42.2 Å². The summed E-state index contributed by atoms with van der Waals surface area (Å²) in [4.78, 5) is 16.5. The fourth-order valence-electron chi connectivity index (χ4n) is 3.84. The van der Waals surface area contributed by atoms with Gasteiger partial charge in [-0.25, -0.2) is 4.39 Å². The number of piperazine rings is 1. The molecule has 0 N–H and O–H groups in total. The normalized spacial score (nSPS) is 18.8. The predicted molar refractivity (Wildman–Crippen MR) is 94.2 cm³/mol. The van der Waals surface area contributed by atoms with Crippen LogP contribution < -0.4 is 4.90 Å². The SMILES string of the molecule is O=C(c1ccn(C2CCCC2)n1)N1CCN(c2ccccc2F)CC1. The number of nitrogens with zero attached hydrogens (tertiary/aromatic N) is 4. The van der Waals surface area contributed by atoms with E-state index in [2.05, 4.69) is 5.10 Å². The highest BCUT2D eigenvalue weighted by atomic mass is 19.1. The van der Waals surface area contributed by atoms with Crippen LogP contribution in [0.3, 0.4) is 0 Å². The summed E-state index contributed by atoms with van der Waals surface area (Å²) in [6, 6.07) is 9.06. The second kappa shape index (κ2) is 6.86. The van der Waals surface area contributed by atoms with Gasteiger partial charge in [-0.3, -0.25) is 9.48 Å². The summed E-state index contributed by atoms with van der Waals surface area (Å²) < 4.78 is 15.9. The lowest BCUT2D eigenvalue weighted by Gasteiger charge is -2.35. The van der Waals surface area contributed by atoms with Crippen molar-refractivity contribution >= 4 is 11.6 Å². The first-order valence-corrected chi connectivity index (χ1v) is 9.06. The zero-order valence-corrected chi connectivity index (χ0v) is 14.3. The van der Waals surface area contributed by atoms with E-state index in [0.717, 1.165) is 12.8 Å². The number of hydrogen-bond donors (Lipinski definition) is 0. The molecule has 1 amide bonds. The van der Waals surface area contributed by atoms with Gasteiger partial charge in [0.25, 0.3) is 5.91 Å². The largest absolute Gasteiger partial charge is 0.366 e. The van der Waals surface area contributed by atoms with Gasteiger partial charge in [0, 0.05) is 32.4 Å². The van der Waals surface area contributed by atoms with Crippen LogP contribution in [0.4, 0.5) is 10.1 Å². The first kappa shape index (κ1) is 16.1. The first-order valence-electron chi connectivity index (χ1n) is 9.06. The van der Waals surface area contributed by atoms with Gasteiger partial charge in [0.1, 0.15) is 11.5 Å². The summed E-state index contributed by atoms with van der Waals surface area (Å²) in [5, 5.41) is 4.51. The van der Waals surface area contributed by atoms with Gasteiger partial charge in [-0.15, -0.1) is 0 Å². The fourth-order valence-corrected chi connectivity index (χ4v) is 3.84. The lowest BCUT2D eigenvalue weighted by Crippen LogP contribution is -2.49. The molecule has 25 heavy (non-hydrogen) atoms. The number of anilines is 1. The van der Waals surface area contributed by atoms with Gasteiger partial charge < -0.3 is 9.80 Å². The summed E-state index contributed by atoms with van der Waals surface area (Å²) >= 11 is 0. The minimum absolute atomic E-state index is 0.0232. The van der Waals surface area contributed by atoms with E-state index in [1.165, 1.54) is 18.9 Å². The number of rotatable bonds is 3. The third-order valence-electron chi connectivity index (χ3n) is 5.29. The molecule has 5 nitrogen and oxygen atoms in total. The van der Waals surface area contributed by atoms with E-state index in [1.807, 2.05) is 32.8 Å². The molecule has 4 rings (SSSR count). The average Bonchev–Trinajstić information content (AvgIpc) is 3.33. The van der Waals surface area contributed by atoms with Crippen molar-refractivity contribution in [3.63, 3.8) is 0 Å². The molecule has 1 saturated heterocycles. The molecule has 2 heterocycles. The van der Waals surface area contributed by atoms with Crippen LogP contribution in [0.5, 0.6) is 0 Å². The maximum atomic E-state index is 13.9. The number of benzene rings is 1. The molecule has 6 heteroatoms. The summed E-state index contributed by atoms with van der Waals surface area (Å²) in [6.45, 7) is 2.44. The van der Waals surface area contributed by atoms with Crippen molar-refractivity contribution in [3.05, 3.63) is 48.0 Å². The molecule has 1 aliphatic carbocycles. The monoisotopic (exact) mass is 342 g/mol. The summed E-state index contributed by atoms with van der Waals surface area (Å²) in [6.07, 6.45) is 6.71. The third-order valence-corrected chi connectivity index (χ3v) is 5.29. The van der Waals surface area contributed by atoms with Gasteiger partial charge in [0.15, 0.2) is 0 Å². The van der Waals surface area contributed by atoms with Crippen LogP contribution in [-0.4, -0.2) is 46.8 Å². The lowest BCUT2D eigenvalue weighted by molar-refractivity contribution is 0.0739. The van der Waals surface area contributed by atoms with Crippen LogP contribution in [0, 0.1) is 5.82 Å². The molecule has 0 unspecified atom stereocenters. The van der Waals surface area contributed by atoms with Gasteiger partial charge in [0.05, 0.1) is 11.7 Å². The Morgan fingerprint density at radius 1 is 1.04 bits per heavy atom. The number of para-hydroxylation sites is 1. The van der Waals surface area contributed by atoms with E-state index in [9.17, 15) is 9.18 Å². The molecule has 1 aromatic carbocycles. The van der Waals surface area contributed by atoms with Crippen molar-refractivity contribution < 1.29 is 9.18 Å². The molecule has 1 saturated carbocycles. The quantitative estimate of drug-likeness (QED) is 0.861. The van der Waals surface area contributed by atoms with E-state index in [-0.39, 0.29) is 11.7 Å². The van der Waals surface area contributed by atoms with Crippen LogP contribution in [0.25, 0.3) is 0 Å². The molecule has 0 spiro atoms. The lowest BCUT2D eigenvalue weighted by atomic mass is 10.2. The van der Waals surface area contributed by atoms with Crippen LogP contribution in [-0.2, 0) is 0 Å². The number of amides is 1. The number of aromatic nitrogens is 2. The minimum atomic E-state index is -0.211. The molecule has 132 valence electrons. The Labute approximate surface area is 147 Å². The minimum Gasteiger partial charge on any atom is -0.366 e. The fraction of sp³-hybridized carbons (Fsp3) is 0.474. The highest BCUT2D eigenvalue weighted by Crippen LogP contribution is 2.29. The summed E-state index contributed by atoms with van der Waals surface area (Å²) in [5.41, 5.74) is 1.13. The number of carbonyl (C=O) groups is 1. The maximum Gasteiger partial charge on any atom is 0.274 e. The number of halogens is 1. The van der Waals surface area contributed by atoms with Gasteiger partial charge in [-0.2, -0.15) is 5.10 Å². The van der Waals surface area contributed by atoms with Crippen molar-refractivity contribution in [1.29, 1.82) is 0 Å². The summed E-state index contributed by atoms with van der Waals surface area (Å²) in [5.74, 6) is -0.234. The van der Waals surface area contributed by atoms with E-state index in [0.29, 0.717) is 43.6 Å². The molecule has 1 aliphatic heterocycles. The molecule has 0 radical (unpaired) electrons. The van der Waals surface area contributed by atoms with Crippen molar-refractivity contribution in [1.82, 2.24) is 14.7 Å². The third kappa shape index (κ3) is 3.25. The average molecular weight is 342 g/mol. The molecule has 0 bridgehead atoms. The predicted octanol–water partition coefficient (Wildman–Crippen LogP) is 3.10. The standard InChI is InChI=1S/C19H23FN4O/c20-16-7-3-4-8-18(16)22-11-13-23(14-12-22)19(25)17-9-10-24(21-17)15-5-1-2-6-15/h3-4,7-10,15H,1-2,5-6,11-14H2. The molecule has 2 fully saturated rings. The van der Waals surface area contributed by atoms with Gasteiger partial charge in [-0.1, -0.05) is 25.0 Å². The first-order chi connectivity index (χ1) is 12.2. The van der Waals surface area contributed by atoms with Gasteiger partial charge in [0.2, 0.25) is 0 Å². The molecule has 1 aromatic heterocycles. The van der Waals surface area contributed by atoms with E-state index < -0.39 is 0 Å². The van der Waals surface area contributed by atoms with Crippen molar-refractivity contribution in [2.75, 3.05) is 31.1 Å². The van der Waals surface area contributed by atoms with Crippen molar-refractivity contribution in [2.24, 2.45) is 0 Å².